The fraction of sp³-hybridized carbons (Fsp3) is 0.353. The van der Waals surface area contributed by atoms with E-state index in [1.54, 1.807) is 37.3 Å². The van der Waals surface area contributed by atoms with Gasteiger partial charge in [0.1, 0.15) is 11.5 Å². The molecule has 1 atom stereocenters. The average Bonchev–Trinajstić information content (AvgIpc) is 2.98. The number of benzene rings is 1. The molecule has 0 spiro atoms. The molecule has 0 fully saturated rings. The Morgan fingerprint density at radius 1 is 1.29 bits per heavy atom. The lowest BCUT2D eigenvalue weighted by Gasteiger charge is -2.16. The molecule has 24 heavy (non-hydrogen) atoms. The third-order valence-electron chi connectivity index (χ3n) is 3.32. The monoisotopic (exact) mass is 332 g/mol. The number of hydrogen-bond donors (Lipinski definition) is 1. The van der Waals surface area contributed by atoms with Crippen molar-refractivity contribution in [2.24, 2.45) is 0 Å². The summed E-state index contributed by atoms with van der Waals surface area (Å²) in [4.78, 5) is 23.5. The molecule has 2 aromatic rings. The first-order chi connectivity index (χ1) is 11.5. The minimum atomic E-state index is -0.659. The van der Waals surface area contributed by atoms with E-state index in [1.165, 1.54) is 7.11 Å². The number of hydrogen-bond acceptors (Lipinski definition) is 6. The maximum atomic E-state index is 12.2. The van der Waals surface area contributed by atoms with Crippen LogP contribution in [-0.4, -0.2) is 30.2 Å². The predicted octanol–water partition coefficient (Wildman–Crippen LogP) is 2.49. The summed E-state index contributed by atoms with van der Waals surface area (Å²) >= 11 is 0. The summed E-state index contributed by atoms with van der Waals surface area (Å²) in [6, 6.07) is 8.59. The Balaban J connectivity index is 1.96. The van der Waals surface area contributed by atoms with Gasteiger partial charge in [0.25, 0.3) is 5.91 Å². The number of carbonyl (C=O) groups excluding carboxylic acids is 2. The van der Waals surface area contributed by atoms with Crippen LogP contribution in [0.4, 0.5) is 5.82 Å². The van der Waals surface area contributed by atoms with Crippen molar-refractivity contribution in [3.63, 3.8) is 0 Å². The lowest BCUT2D eigenvalue weighted by atomic mass is 10.1. The van der Waals surface area contributed by atoms with E-state index in [9.17, 15) is 9.59 Å². The number of carbonyl (C=O) groups is 2. The molecule has 128 valence electrons. The third kappa shape index (κ3) is 4.84. The maximum Gasteiger partial charge on any atom is 0.309 e. The Morgan fingerprint density at radius 3 is 2.54 bits per heavy atom. The highest BCUT2D eigenvalue weighted by atomic mass is 16.5. The van der Waals surface area contributed by atoms with Crippen molar-refractivity contribution in [3.8, 4) is 5.75 Å². The molecular formula is C17H20N2O5. The van der Waals surface area contributed by atoms with Crippen LogP contribution in [0.25, 0.3) is 0 Å². The summed E-state index contributed by atoms with van der Waals surface area (Å²) in [6.07, 6.45) is 0.0282. The van der Waals surface area contributed by atoms with Crippen molar-refractivity contribution < 1.29 is 23.6 Å². The van der Waals surface area contributed by atoms with E-state index in [-0.39, 0.29) is 18.3 Å². The number of nitrogens with zero attached hydrogens (tertiary/aromatic N) is 1. The Labute approximate surface area is 139 Å². The molecule has 0 aliphatic rings. The van der Waals surface area contributed by atoms with Gasteiger partial charge in [0, 0.05) is 6.07 Å². The van der Waals surface area contributed by atoms with Crippen molar-refractivity contribution >= 4 is 17.7 Å². The van der Waals surface area contributed by atoms with Crippen LogP contribution in [0.2, 0.25) is 0 Å². The SMILES string of the molecule is CC[C@H](Oc1ccc(CC(=O)OC)cc1)C(=O)Nc1cc(C)on1. The largest absolute Gasteiger partial charge is 0.481 e. The minimum absolute atomic E-state index is 0.194. The summed E-state index contributed by atoms with van der Waals surface area (Å²) < 4.78 is 15.2. The first-order valence-electron chi connectivity index (χ1n) is 7.58. The smallest absolute Gasteiger partial charge is 0.309 e. The van der Waals surface area contributed by atoms with Crippen LogP contribution in [-0.2, 0) is 20.7 Å². The number of anilines is 1. The summed E-state index contributed by atoms with van der Waals surface area (Å²) in [7, 11) is 1.35. The van der Waals surface area contributed by atoms with Gasteiger partial charge in [-0.05, 0) is 31.0 Å². The average molecular weight is 332 g/mol. The number of esters is 1. The normalized spacial score (nSPS) is 11.6. The minimum Gasteiger partial charge on any atom is -0.481 e. The van der Waals surface area contributed by atoms with Gasteiger partial charge in [-0.25, -0.2) is 0 Å². The summed E-state index contributed by atoms with van der Waals surface area (Å²) in [5.74, 6) is 0.900. The van der Waals surface area contributed by atoms with E-state index in [0.717, 1.165) is 5.56 Å². The topological polar surface area (TPSA) is 90.7 Å². The van der Waals surface area contributed by atoms with E-state index < -0.39 is 6.10 Å². The van der Waals surface area contributed by atoms with Gasteiger partial charge in [-0.15, -0.1) is 0 Å². The molecule has 0 saturated carbocycles. The van der Waals surface area contributed by atoms with Gasteiger partial charge in [-0.3, -0.25) is 9.59 Å². The highest BCUT2D eigenvalue weighted by Gasteiger charge is 2.19. The molecule has 1 amide bonds. The standard InChI is InChI=1S/C17H20N2O5/c1-4-14(17(21)18-15-9-11(2)24-19-15)23-13-7-5-12(6-8-13)10-16(20)22-3/h5-9,14H,4,10H2,1-3H3,(H,18,19,21)/t14-/m0/s1. The molecule has 1 aromatic heterocycles. The molecule has 0 aliphatic heterocycles. The highest BCUT2D eigenvalue weighted by Crippen LogP contribution is 2.17. The van der Waals surface area contributed by atoms with Crippen molar-refractivity contribution in [2.45, 2.75) is 32.8 Å². The molecule has 0 aliphatic carbocycles. The lowest BCUT2D eigenvalue weighted by Crippen LogP contribution is -2.32. The zero-order valence-corrected chi connectivity index (χ0v) is 13.9. The van der Waals surface area contributed by atoms with Crippen LogP contribution in [0.1, 0.15) is 24.7 Å². The Kier molecular flexibility index (Phi) is 5.95. The number of aromatic nitrogens is 1. The second-order valence-electron chi connectivity index (χ2n) is 5.22. The first kappa shape index (κ1) is 17.5. The third-order valence-corrected chi connectivity index (χ3v) is 3.32. The van der Waals surface area contributed by atoms with E-state index >= 15 is 0 Å². The highest BCUT2D eigenvalue weighted by molar-refractivity contribution is 5.93. The quantitative estimate of drug-likeness (QED) is 0.783. The van der Waals surface area contributed by atoms with Gasteiger partial charge in [0.15, 0.2) is 11.9 Å². The van der Waals surface area contributed by atoms with E-state index in [1.807, 2.05) is 6.92 Å². The van der Waals surface area contributed by atoms with Gasteiger partial charge in [0.2, 0.25) is 0 Å². The van der Waals surface area contributed by atoms with E-state index in [4.69, 9.17) is 9.26 Å². The number of aryl methyl sites for hydroxylation is 1. The van der Waals surface area contributed by atoms with Crippen LogP contribution in [0.15, 0.2) is 34.9 Å². The maximum absolute atomic E-state index is 12.2. The predicted molar refractivity (Wildman–Crippen MR) is 86.7 cm³/mol. The molecule has 1 N–H and O–H groups in total. The molecular weight excluding hydrogens is 312 g/mol. The second-order valence-corrected chi connectivity index (χ2v) is 5.22. The summed E-state index contributed by atoms with van der Waals surface area (Å²) in [5.41, 5.74) is 0.810. The summed E-state index contributed by atoms with van der Waals surface area (Å²) in [5, 5.41) is 6.37. The van der Waals surface area contributed by atoms with Crippen LogP contribution >= 0.6 is 0 Å². The van der Waals surface area contributed by atoms with Gasteiger partial charge >= 0.3 is 5.97 Å². The first-order valence-corrected chi connectivity index (χ1v) is 7.58. The van der Waals surface area contributed by atoms with Crippen molar-refractivity contribution in [3.05, 3.63) is 41.7 Å². The number of methoxy groups -OCH3 is 1. The van der Waals surface area contributed by atoms with Gasteiger partial charge in [0.05, 0.1) is 13.5 Å². The molecule has 7 heteroatoms. The van der Waals surface area contributed by atoms with E-state index in [2.05, 4.69) is 15.2 Å². The van der Waals surface area contributed by atoms with Crippen LogP contribution < -0.4 is 10.1 Å². The molecule has 0 bridgehead atoms. The number of nitrogens with one attached hydrogen (secondary N) is 1. The molecule has 0 saturated heterocycles. The summed E-state index contributed by atoms with van der Waals surface area (Å²) in [6.45, 7) is 3.59. The van der Waals surface area contributed by atoms with Gasteiger partial charge < -0.3 is 19.3 Å². The lowest BCUT2D eigenvalue weighted by molar-refractivity contribution is -0.139. The van der Waals surface area contributed by atoms with Crippen molar-refractivity contribution in [1.29, 1.82) is 0 Å². The van der Waals surface area contributed by atoms with E-state index in [0.29, 0.717) is 23.7 Å². The molecule has 0 radical (unpaired) electrons. The zero-order valence-electron chi connectivity index (χ0n) is 13.9. The van der Waals surface area contributed by atoms with Gasteiger partial charge in [-0.1, -0.05) is 24.2 Å². The fourth-order valence-corrected chi connectivity index (χ4v) is 2.04. The number of ether oxygens (including phenoxy) is 2. The molecule has 0 unspecified atom stereocenters. The van der Waals surface area contributed by atoms with Crippen LogP contribution in [0.5, 0.6) is 5.75 Å². The molecule has 7 nitrogen and oxygen atoms in total. The number of rotatable bonds is 7. The zero-order chi connectivity index (χ0) is 17.5. The Morgan fingerprint density at radius 2 is 2.00 bits per heavy atom. The molecule has 1 heterocycles. The Bertz CT molecular complexity index is 693. The second kappa shape index (κ2) is 8.14. The van der Waals surface area contributed by atoms with Gasteiger partial charge in [-0.2, -0.15) is 0 Å². The Hall–Kier alpha value is -2.83. The number of amides is 1. The fourth-order valence-electron chi connectivity index (χ4n) is 2.04. The van der Waals surface area contributed by atoms with Crippen LogP contribution in [0.3, 0.4) is 0 Å². The van der Waals surface area contributed by atoms with Crippen molar-refractivity contribution in [2.75, 3.05) is 12.4 Å². The van der Waals surface area contributed by atoms with Crippen LogP contribution in [0, 0.1) is 6.92 Å². The molecule has 1 aromatic carbocycles. The molecule has 2 rings (SSSR count). The van der Waals surface area contributed by atoms with Crippen molar-refractivity contribution in [1.82, 2.24) is 5.16 Å².